The van der Waals surface area contributed by atoms with Gasteiger partial charge in [-0.15, -0.1) is 23.1 Å². The first-order valence-corrected chi connectivity index (χ1v) is 7.99. The van der Waals surface area contributed by atoms with Crippen molar-refractivity contribution in [3.8, 4) is 0 Å². The highest BCUT2D eigenvalue weighted by Crippen LogP contribution is 2.27. The van der Waals surface area contributed by atoms with Crippen LogP contribution in [0.3, 0.4) is 0 Å². The molecule has 0 aliphatic carbocycles. The largest absolute Gasteiger partial charge is 0.303 e. The Balaban J connectivity index is 2.46. The fourth-order valence-corrected chi connectivity index (χ4v) is 3.62. The van der Waals surface area contributed by atoms with Crippen molar-refractivity contribution in [2.75, 3.05) is 25.4 Å². The van der Waals surface area contributed by atoms with Gasteiger partial charge in [0.1, 0.15) is 0 Å². The highest BCUT2D eigenvalue weighted by Gasteiger charge is 2.10. The van der Waals surface area contributed by atoms with Crippen LogP contribution in [0.15, 0.2) is 16.3 Å². The Morgan fingerprint density at radius 3 is 2.59 bits per heavy atom. The fraction of sp³-hybridized carbons (Fsp3) is 0.615. The van der Waals surface area contributed by atoms with E-state index in [1.54, 1.807) is 23.1 Å². The maximum atomic E-state index is 12.0. The van der Waals surface area contributed by atoms with Crippen LogP contribution in [0.2, 0.25) is 0 Å². The van der Waals surface area contributed by atoms with E-state index in [1.165, 1.54) is 4.21 Å². The molecular weight excluding hydrogens is 250 g/mol. The van der Waals surface area contributed by atoms with Gasteiger partial charge in [0.15, 0.2) is 5.78 Å². The van der Waals surface area contributed by atoms with Crippen LogP contribution < -0.4 is 0 Å². The molecule has 0 aromatic carbocycles. The Morgan fingerprint density at radius 2 is 2.00 bits per heavy atom. The SMILES string of the molecule is CCSc1ccc(C(=O)CCN(CC)CC)s1. The molecule has 0 unspecified atom stereocenters. The third kappa shape index (κ3) is 4.82. The number of nitrogens with zero attached hydrogens (tertiary/aromatic N) is 1. The number of hydrogen-bond acceptors (Lipinski definition) is 4. The van der Waals surface area contributed by atoms with Crippen LogP contribution in [-0.4, -0.2) is 36.1 Å². The van der Waals surface area contributed by atoms with Gasteiger partial charge < -0.3 is 4.90 Å². The van der Waals surface area contributed by atoms with Crippen LogP contribution in [0, 0.1) is 0 Å². The molecule has 1 rings (SSSR count). The zero-order valence-electron chi connectivity index (χ0n) is 10.9. The van der Waals surface area contributed by atoms with Crippen molar-refractivity contribution < 1.29 is 4.79 Å². The van der Waals surface area contributed by atoms with Gasteiger partial charge in [-0.05, 0) is 31.0 Å². The Labute approximate surface area is 112 Å². The molecule has 96 valence electrons. The van der Waals surface area contributed by atoms with Crippen molar-refractivity contribution in [3.63, 3.8) is 0 Å². The van der Waals surface area contributed by atoms with Crippen molar-refractivity contribution in [2.24, 2.45) is 0 Å². The molecule has 0 radical (unpaired) electrons. The van der Waals surface area contributed by atoms with Gasteiger partial charge in [0.05, 0.1) is 9.09 Å². The number of thioether (sulfide) groups is 1. The molecule has 0 saturated heterocycles. The first-order valence-electron chi connectivity index (χ1n) is 6.19. The van der Waals surface area contributed by atoms with Crippen LogP contribution in [0.4, 0.5) is 0 Å². The van der Waals surface area contributed by atoms with Gasteiger partial charge in [-0.1, -0.05) is 20.8 Å². The highest BCUT2D eigenvalue weighted by molar-refractivity contribution is 8.01. The van der Waals surface area contributed by atoms with E-state index in [2.05, 4.69) is 31.7 Å². The topological polar surface area (TPSA) is 20.3 Å². The van der Waals surface area contributed by atoms with E-state index >= 15 is 0 Å². The summed E-state index contributed by atoms with van der Waals surface area (Å²) in [4.78, 5) is 15.2. The lowest BCUT2D eigenvalue weighted by Gasteiger charge is -2.16. The fourth-order valence-electron chi connectivity index (χ4n) is 1.61. The van der Waals surface area contributed by atoms with E-state index < -0.39 is 0 Å². The highest BCUT2D eigenvalue weighted by atomic mass is 32.2. The van der Waals surface area contributed by atoms with Gasteiger partial charge in [-0.2, -0.15) is 0 Å². The summed E-state index contributed by atoms with van der Waals surface area (Å²) in [6.45, 7) is 9.31. The molecule has 1 aromatic heterocycles. The van der Waals surface area contributed by atoms with E-state index in [-0.39, 0.29) is 5.78 Å². The van der Waals surface area contributed by atoms with Gasteiger partial charge in [0, 0.05) is 13.0 Å². The molecule has 1 aromatic rings. The molecule has 0 fully saturated rings. The number of carbonyl (C=O) groups is 1. The first-order chi connectivity index (χ1) is 8.21. The Kier molecular flexibility index (Phi) is 6.85. The minimum Gasteiger partial charge on any atom is -0.303 e. The minimum absolute atomic E-state index is 0.282. The predicted molar refractivity (Wildman–Crippen MR) is 77.5 cm³/mol. The number of hydrogen-bond donors (Lipinski definition) is 0. The van der Waals surface area contributed by atoms with Gasteiger partial charge >= 0.3 is 0 Å². The second-order valence-electron chi connectivity index (χ2n) is 3.75. The van der Waals surface area contributed by atoms with Crippen LogP contribution in [-0.2, 0) is 0 Å². The molecule has 17 heavy (non-hydrogen) atoms. The molecule has 0 aliphatic rings. The summed E-state index contributed by atoms with van der Waals surface area (Å²) in [5.74, 6) is 1.35. The Morgan fingerprint density at radius 1 is 1.29 bits per heavy atom. The molecule has 0 amide bonds. The molecule has 0 aliphatic heterocycles. The minimum atomic E-state index is 0.282. The van der Waals surface area contributed by atoms with Crippen LogP contribution in [0.25, 0.3) is 0 Å². The average Bonchev–Trinajstić information content (AvgIpc) is 2.79. The van der Waals surface area contributed by atoms with Gasteiger partial charge in [0.2, 0.25) is 0 Å². The van der Waals surface area contributed by atoms with Crippen LogP contribution >= 0.6 is 23.1 Å². The number of carbonyl (C=O) groups excluding carboxylic acids is 1. The van der Waals surface area contributed by atoms with E-state index in [4.69, 9.17) is 0 Å². The second kappa shape index (κ2) is 7.90. The lowest BCUT2D eigenvalue weighted by molar-refractivity contribution is 0.0970. The van der Waals surface area contributed by atoms with E-state index in [0.717, 1.165) is 30.3 Å². The summed E-state index contributed by atoms with van der Waals surface area (Å²) in [5.41, 5.74) is 0. The zero-order valence-corrected chi connectivity index (χ0v) is 12.5. The third-order valence-corrected chi connectivity index (χ3v) is 4.93. The molecule has 0 spiro atoms. The molecule has 0 atom stereocenters. The lowest BCUT2D eigenvalue weighted by Crippen LogP contribution is -2.25. The summed E-state index contributed by atoms with van der Waals surface area (Å²) < 4.78 is 1.25. The van der Waals surface area contributed by atoms with Gasteiger partial charge in [-0.25, -0.2) is 0 Å². The monoisotopic (exact) mass is 271 g/mol. The summed E-state index contributed by atoms with van der Waals surface area (Å²) in [6.07, 6.45) is 0.637. The summed E-state index contributed by atoms with van der Waals surface area (Å²) >= 11 is 3.43. The number of ketones is 1. The predicted octanol–water partition coefficient (Wildman–Crippen LogP) is 3.77. The van der Waals surface area contributed by atoms with Crippen LogP contribution in [0.5, 0.6) is 0 Å². The Hall–Kier alpha value is -0.320. The normalized spacial score (nSPS) is 11.1. The van der Waals surface area contributed by atoms with Crippen molar-refractivity contribution in [1.29, 1.82) is 0 Å². The molecule has 0 bridgehead atoms. The summed E-state index contributed by atoms with van der Waals surface area (Å²) in [7, 11) is 0. The van der Waals surface area contributed by atoms with Crippen molar-refractivity contribution in [2.45, 2.75) is 31.4 Å². The number of Topliss-reactive ketones (excluding diaryl/α,β-unsaturated/α-hetero) is 1. The van der Waals surface area contributed by atoms with Crippen LogP contribution in [0.1, 0.15) is 36.9 Å². The zero-order chi connectivity index (χ0) is 12.7. The third-order valence-electron chi connectivity index (χ3n) is 2.69. The van der Waals surface area contributed by atoms with Crippen molar-refractivity contribution in [1.82, 2.24) is 4.90 Å². The molecule has 0 saturated carbocycles. The molecular formula is C13H21NOS2. The van der Waals surface area contributed by atoms with E-state index in [1.807, 2.05) is 6.07 Å². The number of rotatable bonds is 8. The quantitative estimate of drug-likeness (QED) is 0.530. The van der Waals surface area contributed by atoms with Gasteiger partial charge in [-0.3, -0.25) is 4.79 Å². The standard InChI is InChI=1S/C13H21NOS2/c1-4-14(5-2)10-9-11(15)12-7-8-13(17-12)16-6-3/h7-8H,4-6,9-10H2,1-3H3. The first kappa shape index (κ1) is 14.7. The maximum Gasteiger partial charge on any atom is 0.174 e. The maximum absolute atomic E-state index is 12.0. The van der Waals surface area contributed by atoms with E-state index in [9.17, 15) is 4.79 Å². The lowest BCUT2D eigenvalue weighted by atomic mass is 10.2. The average molecular weight is 271 g/mol. The second-order valence-corrected chi connectivity index (χ2v) is 6.40. The summed E-state index contributed by atoms with van der Waals surface area (Å²) in [5, 5.41) is 0. The van der Waals surface area contributed by atoms with E-state index in [0.29, 0.717) is 6.42 Å². The summed E-state index contributed by atoms with van der Waals surface area (Å²) in [6, 6.07) is 4.02. The number of thiophene rings is 1. The van der Waals surface area contributed by atoms with Gasteiger partial charge in [0.25, 0.3) is 0 Å². The Bertz CT molecular complexity index is 345. The molecule has 0 N–H and O–H groups in total. The smallest absolute Gasteiger partial charge is 0.174 e. The van der Waals surface area contributed by atoms with Crippen molar-refractivity contribution in [3.05, 3.63) is 17.0 Å². The molecule has 1 heterocycles. The molecule has 2 nitrogen and oxygen atoms in total. The van der Waals surface area contributed by atoms with Crippen molar-refractivity contribution >= 4 is 28.9 Å². The molecule has 4 heteroatoms.